The number of nitrogens with zero attached hydrogens (tertiary/aromatic N) is 3. The Bertz CT molecular complexity index is 563. The number of nitrogens with one attached hydrogen (secondary N) is 2. The number of aromatic nitrogens is 1. The molecule has 7 nitrogen and oxygen atoms in total. The maximum atomic E-state index is 5.96. The molecule has 2 aliphatic rings. The third-order valence-electron chi connectivity index (χ3n) is 4.78. The van der Waals surface area contributed by atoms with E-state index < -0.39 is 0 Å². The first-order valence-electron chi connectivity index (χ1n) is 8.91. The molecule has 3 heterocycles. The van der Waals surface area contributed by atoms with Crippen molar-refractivity contribution < 1.29 is 9.26 Å². The predicted molar refractivity (Wildman–Crippen MR) is 109 cm³/mol. The quantitative estimate of drug-likeness (QED) is 0.395. The van der Waals surface area contributed by atoms with Crippen LogP contribution in [0.1, 0.15) is 44.1 Å². The van der Waals surface area contributed by atoms with E-state index >= 15 is 0 Å². The van der Waals surface area contributed by atoms with Gasteiger partial charge in [0.05, 0.1) is 24.9 Å². The van der Waals surface area contributed by atoms with Gasteiger partial charge in [-0.1, -0.05) is 19.0 Å². The molecule has 2 fully saturated rings. The molecule has 2 saturated heterocycles. The molecule has 0 aromatic carbocycles. The molecule has 1 aromatic rings. The molecule has 3 rings (SSSR count). The van der Waals surface area contributed by atoms with Crippen LogP contribution in [0.5, 0.6) is 0 Å². The van der Waals surface area contributed by atoms with Gasteiger partial charge in [-0.3, -0.25) is 9.89 Å². The smallest absolute Gasteiger partial charge is 0.191 e. The second-order valence-corrected chi connectivity index (χ2v) is 6.93. The summed E-state index contributed by atoms with van der Waals surface area (Å²) in [6, 6.07) is 2.63. The lowest BCUT2D eigenvalue weighted by molar-refractivity contribution is -0.0453. The number of rotatable bonds is 5. The highest BCUT2D eigenvalue weighted by atomic mass is 127. The molecule has 25 heavy (non-hydrogen) atoms. The van der Waals surface area contributed by atoms with Crippen LogP contribution in [0.2, 0.25) is 0 Å². The van der Waals surface area contributed by atoms with Crippen LogP contribution in [0, 0.1) is 0 Å². The summed E-state index contributed by atoms with van der Waals surface area (Å²) in [4.78, 5) is 6.81. The van der Waals surface area contributed by atoms with Crippen molar-refractivity contribution in [1.29, 1.82) is 0 Å². The minimum atomic E-state index is 0. The van der Waals surface area contributed by atoms with Crippen molar-refractivity contribution >= 4 is 29.9 Å². The zero-order valence-corrected chi connectivity index (χ0v) is 17.7. The summed E-state index contributed by atoms with van der Waals surface area (Å²) >= 11 is 0. The second kappa shape index (κ2) is 9.72. The zero-order valence-electron chi connectivity index (χ0n) is 15.3. The van der Waals surface area contributed by atoms with E-state index in [4.69, 9.17) is 9.26 Å². The van der Waals surface area contributed by atoms with E-state index in [-0.39, 0.29) is 30.1 Å². The Balaban J connectivity index is 0.00000225. The number of guanidine groups is 1. The van der Waals surface area contributed by atoms with Gasteiger partial charge in [0.1, 0.15) is 0 Å². The molecule has 0 spiro atoms. The average Bonchev–Trinajstić information content (AvgIpc) is 3.23. The van der Waals surface area contributed by atoms with Gasteiger partial charge in [0.25, 0.3) is 0 Å². The third kappa shape index (κ3) is 5.55. The lowest BCUT2D eigenvalue weighted by Crippen LogP contribution is -2.51. The molecule has 0 bridgehead atoms. The minimum Gasteiger partial charge on any atom is -0.373 e. The molecular formula is C17H30IN5O2. The van der Waals surface area contributed by atoms with E-state index in [0.29, 0.717) is 18.5 Å². The van der Waals surface area contributed by atoms with Gasteiger partial charge in [0.2, 0.25) is 0 Å². The Kier molecular flexibility index (Phi) is 7.95. The molecule has 0 amide bonds. The molecule has 2 N–H and O–H groups in total. The fourth-order valence-corrected chi connectivity index (χ4v) is 3.30. The summed E-state index contributed by atoms with van der Waals surface area (Å²) < 4.78 is 11.3. The van der Waals surface area contributed by atoms with Crippen LogP contribution in [0.4, 0.5) is 0 Å². The van der Waals surface area contributed by atoms with E-state index in [1.54, 1.807) is 7.05 Å². The van der Waals surface area contributed by atoms with Crippen LogP contribution >= 0.6 is 24.0 Å². The Morgan fingerprint density at radius 1 is 1.44 bits per heavy atom. The summed E-state index contributed by atoms with van der Waals surface area (Å²) in [5.41, 5.74) is 0.977. The Morgan fingerprint density at radius 2 is 2.28 bits per heavy atom. The Hall–Kier alpha value is -0.870. The molecule has 0 radical (unpaired) electrons. The first kappa shape index (κ1) is 20.4. The number of halogens is 1. The largest absolute Gasteiger partial charge is 0.373 e. The van der Waals surface area contributed by atoms with Crippen molar-refractivity contribution in [2.45, 2.75) is 51.3 Å². The fraction of sp³-hybridized carbons (Fsp3) is 0.765. The predicted octanol–water partition coefficient (Wildman–Crippen LogP) is 1.94. The maximum absolute atomic E-state index is 5.96. The molecule has 0 aliphatic carbocycles. The molecule has 0 saturated carbocycles. The van der Waals surface area contributed by atoms with Crippen LogP contribution in [0.3, 0.4) is 0 Å². The van der Waals surface area contributed by atoms with Crippen LogP contribution in [-0.2, 0) is 11.3 Å². The van der Waals surface area contributed by atoms with Crippen molar-refractivity contribution in [1.82, 2.24) is 20.7 Å². The van der Waals surface area contributed by atoms with E-state index in [1.807, 2.05) is 6.07 Å². The molecule has 2 aliphatic heterocycles. The average molecular weight is 463 g/mol. The topological polar surface area (TPSA) is 74.9 Å². The third-order valence-corrected chi connectivity index (χ3v) is 4.78. The van der Waals surface area contributed by atoms with E-state index in [1.165, 1.54) is 19.4 Å². The van der Waals surface area contributed by atoms with Crippen molar-refractivity contribution in [2.75, 3.05) is 33.3 Å². The SMILES string of the molecule is CN=C(NCc1cc(C(C)C)no1)NCC1CN2CCCC2CO1.I. The Morgan fingerprint density at radius 3 is 3.00 bits per heavy atom. The number of fused-ring (bicyclic) bond motifs is 1. The highest BCUT2D eigenvalue weighted by Gasteiger charge is 2.32. The van der Waals surface area contributed by atoms with Gasteiger partial charge in [-0.25, -0.2) is 0 Å². The number of aliphatic imine (C=N–C) groups is 1. The maximum Gasteiger partial charge on any atom is 0.191 e. The zero-order chi connectivity index (χ0) is 16.9. The van der Waals surface area contributed by atoms with E-state index in [0.717, 1.165) is 37.1 Å². The van der Waals surface area contributed by atoms with Gasteiger partial charge in [-0.15, -0.1) is 24.0 Å². The van der Waals surface area contributed by atoms with Crippen LogP contribution in [0.15, 0.2) is 15.6 Å². The molecule has 2 unspecified atom stereocenters. The summed E-state index contributed by atoms with van der Waals surface area (Å²) in [6.07, 6.45) is 2.79. The number of hydrogen-bond acceptors (Lipinski definition) is 5. The molecule has 1 aromatic heterocycles. The van der Waals surface area contributed by atoms with Crippen molar-refractivity contribution in [3.63, 3.8) is 0 Å². The van der Waals surface area contributed by atoms with Crippen LogP contribution in [0.25, 0.3) is 0 Å². The van der Waals surface area contributed by atoms with Gasteiger partial charge in [0.15, 0.2) is 11.7 Å². The normalized spacial score (nSPS) is 24.1. The van der Waals surface area contributed by atoms with Gasteiger partial charge >= 0.3 is 0 Å². The fourth-order valence-electron chi connectivity index (χ4n) is 3.30. The van der Waals surface area contributed by atoms with E-state index in [2.05, 4.69) is 39.5 Å². The van der Waals surface area contributed by atoms with Gasteiger partial charge < -0.3 is 19.9 Å². The summed E-state index contributed by atoms with van der Waals surface area (Å²) in [5.74, 6) is 1.94. The minimum absolute atomic E-state index is 0. The van der Waals surface area contributed by atoms with Gasteiger partial charge in [-0.05, 0) is 25.3 Å². The lowest BCUT2D eigenvalue weighted by Gasteiger charge is -2.35. The number of hydrogen-bond donors (Lipinski definition) is 2. The molecule has 2 atom stereocenters. The highest BCUT2D eigenvalue weighted by molar-refractivity contribution is 14.0. The summed E-state index contributed by atoms with van der Waals surface area (Å²) in [7, 11) is 1.77. The first-order valence-corrected chi connectivity index (χ1v) is 8.91. The summed E-state index contributed by atoms with van der Waals surface area (Å²) in [6.45, 7) is 8.61. The highest BCUT2D eigenvalue weighted by Crippen LogP contribution is 2.22. The second-order valence-electron chi connectivity index (χ2n) is 6.93. The van der Waals surface area contributed by atoms with E-state index in [9.17, 15) is 0 Å². The molecular weight excluding hydrogens is 433 g/mol. The number of morpholine rings is 1. The molecule has 142 valence electrons. The van der Waals surface area contributed by atoms with Crippen molar-refractivity contribution in [3.05, 3.63) is 17.5 Å². The van der Waals surface area contributed by atoms with Crippen molar-refractivity contribution in [3.8, 4) is 0 Å². The Labute approximate surface area is 167 Å². The lowest BCUT2D eigenvalue weighted by atomic mass is 10.1. The summed E-state index contributed by atoms with van der Waals surface area (Å²) in [5, 5.41) is 10.7. The number of ether oxygens (including phenoxy) is 1. The standard InChI is InChI=1S/C17H29N5O2.HI/c1-12(2)16-7-14(24-21-16)8-19-17(18-3)20-9-15-10-22-6-4-5-13(22)11-23-15;/h7,12-13,15H,4-6,8-11H2,1-3H3,(H2,18,19,20);1H. The van der Waals surface area contributed by atoms with Gasteiger partial charge in [0, 0.05) is 32.2 Å². The first-order chi connectivity index (χ1) is 11.7. The van der Waals surface area contributed by atoms with Gasteiger partial charge in [-0.2, -0.15) is 0 Å². The van der Waals surface area contributed by atoms with Crippen LogP contribution < -0.4 is 10.6 Å². The van der Waals surface area contributed by atoms with Crippen molar-refractivity contribution in [2.24, 2.45) is 4.99 Å². The monoisotopic (exact) mass is 463 g/mol. The molecule has 8 heteroatoms. The van der Waals surface area contributed by atoms with Crippen LogP contribution in [-0.4, -0.2) is 61.5 Å².